The molecule has 19 heavy (non-hydrogen) atoms. The van der Waals surface area contributed by atoms with Crippen molar-refractivity contribution in [3.63, 3.8) is 0 Å². The molecule has 5 heteroatoms. The zero-order valence-electron chi connectivity index (χ0n) is 11.1. The second-order valence-electron chi connectivity index (χ2n) is 4.37. The Morgan fingerprint density at radius 1 is 1.32 bits per heavy atom. The van der Waals surface area contributed by atoms with Gasteiger partial charge in [-0.05, 0) is 19.1 Å². The van der Waals surface area contributed by atoms with Crippen LogP contribution in [-0.2, 0) is 4.79 Å². The van der Waals surface area contributed by atoms with Gasteiger partial charge in [0.05, 0.1) is 18.7 Å². The number of carbonyl (C=O) groups excluding carboxylic acids is 2. The van der Waals surface area contributed by atoms with Gasteiger partial charge in [0.15, 0.2) is 5.78 Å². The van der Waals surface area contributed by atoms with Gasteiger partial charge in [0.2, 0.25) is 5.91 Å². The minimum atomic E-state index is -0.546. The molecule has 0 saturated heterocycles. The Bertz CT molecular complexity index is 631. The number of fused-ring (bicyclic) bond motifs is 1. The van der Waals surface area contributed by atoms with Crippen molar-refractivity contribution >= 4 is 17.2 Å². The number of Topliss-reactive ketones (excluding diaryl/α,β-unsaturated/α-hetero) is 1. The Balaban J connectivity index is 2.39. The Labute approximate surface area is 111 Å². The first kappa shape index (κ1) is 13.1. The van der Waals surface area contributed by atoms with E-state index in [2.05, 4.69) is 5.32 Å². The molecule has 0 aliphatic rings. The van der Waals surface area contributed by atoms with Crippen molar-refractivity contribution in [3.05, 3.63) is 36.2 Å². The number of pyridine rings is 1. The first-order valence-corrected chi connectivity index (χ1v) is 5.99. The highest BCUT2D eigenvalue weighted by atomic mass is 16.5. The van der Waals surface area contributed by atoms with E-state index in [-0.39, 0.29) is 11.7 Å². The number of ether oxygens (including phenoxy) is 1. The standard InChI is InChI=1S/C14H16N2O3/c1-9(15-10(2)17)14(18)12-5-7-16-6-4-11(19-3)8-13(12)16/h4-9H,1-3H3,(H,15,17). The third kappa shape index (κ3) is 2.59. The fraction of sp³-hybridized carbons (Fsp3) is 0.286. The topological polar surface area (TPSA) is 59.8 Å². The minimum Gasteiger partial charge on any atom is -0.497 e. The summed E-state index contributed by atoms with van der Waals surface area (Å²) < 4.78 is 7.00. The number of hydrogen-bond acceptors (Lipinski definition) is 3. The summed E-state index contributed by atoms with van der Waals surface area (Å²) in [5.74, 6) is 0.348. The second kappa shape index (κ2) is 5.14. The molecule has 2 aromatic rings. The zero-order valence-corrected chi connectivity index (χ0v) is 11.1. The molecular formula is C14H16N2O3. The summed E-state index contributed by atoms with van der Waals surface area (Å²) in [6.07, 6.45) is 3.64. The number of hydrogen-bond donors (Lipinski definition) is 1. The van der Waals surface area contributed by atoms with Crippen LogP contribution < -0.4 is 10.1 Å². The van der Waals surface area contributed by atoms with Gasteiger partial charge in [-0.15, -0.1) is 0 Å². The molecule has 1 unspecified atom stereocenters. The van der Waals surface area contributed by atoms with Crippen LogP contribution in [-0.4, -0.2) is 29.2 Å². The molecule has 0 aromatic carbocycles. The number of rotatable bonds is 4. The Morgan fingerprint density at radius 2 is 2.00 bits per heavy atom. The van der Waals surface area contributed by atoms with Gasteiger partial charge >= 0.3 is 0 Å². The van der Waals surface area contributed by atoms with Crippen LogP contribution in [0.5, 0.6) is 5.75 Å². The van der Waals surface area contributed by atoms with Crippen LogP contribution >= 0.6 is 0 Å². The maximum atomic E-state index is 12.3. The van der Waals surface area contributed by atoms with Gasteiger partial charge in [0.25, 0.3) is 0 Å². The highest BCUT2D eigenvalue weighted by Gasteiger charge is 2.19. The summed E-state index contributed by atoms with van der Waals surface area (Å²) >= 11 is 0. The lowest BCUT2D eigenvalue weighted by Gasteiger charge is -2.11. The summed E-state index contributed by atoms with van der Waals surface area (Å²) in [6.45, 7) is 3.07. The molecule has 0 saturated carbocycles. The number of carbonyl (C=O) groups is 2. The highest BCUT2D eigenvalue weighted by molar-refractivity contribution is 6.06. The van der Waals surface area contributed by atoms with Crippen molar-refractivity contribution in [1.29, 1.82) is 0 Å². The molecule has 0 bridgehead atoms. The van der Waals surface area contributed by atoms with Crippen molar-refractivity contribution in [2.24, 2.45) is 0 Å². The van der Waals surface area contributed by atoms with Crippen LogP contribution in [0.25, 0.3) is 5.52 Å². The first-order valence-electron chi connectivity index (χ1n) is 5.99. The number of ketones is 1. The molecule has 0 spiro atoms. The molecule has 1 atom stereocenters. The maximum absolute atomic E-state index is 12.3. The fourth-order valence-corrected chi connectivity index (χ4v) is 2.02. The molecule has 100 valence electrons. The van der Waals surface area contributed by atoms with E-state index in [1.54, 1.807) is 26.2 Å². The van der Waals surface area contributed by atoms with E-state index < -0.39 is 6.04 Å². The van der Waals surface area contributed by atoms with Gasteiger partial charge in [-0.2, -0.15) is 0 Å². The minimum absolute atomic E-state index is 0.119. The van der Waals surface area contributed by atoms with Crippen molar-refractivity contribution in [2.45, 2.75) is 19.9 Å². The van der Waals surface area contributed by atoms with E-state index in [9.17, 15) is 9.59 Å². The predicted octanol–water partition coefficient (Wildman–Crippen LogP) is 1.66. The SMILES string of the molecule is COc1ccn2ccc(C(=O)C(C)NC(C)=O)c2c1. The molecule has 0 radical (unpaired) electrons. The third-order valence-corrected chi connectivity index (χ3v) is 2.95. The van der Waals surface area contributed by atoms with Crippen LogP contribution in [0.3, 0.4) is 0 Å². The van der Waals surface area contributed by atoms with Gasteiger partial charge in [0.1, 0.15) is 5.75 Å². The van der Waals surface area contributed by atoms with Gasteiger partial charge < -0.3 is 14.5 Å². The van der Waals surface area contributed by atoms with Crippen molar-refractivity contribution in [2.75, 3.05) is 7.11 Å². The monoisotopic (exact) mass is 260 g/mol. The summed E-state index contributed by atoms with van der Waals surface area (Å²) in [6, 6.07) is 4.82. The van der Waals surface area contributed by atoms with E-state index in [0.717, 1.165) is 5.52 Å². The first-order chi connectivity index (χ1) is 9.02. The largest absolute Gasteiger partial charge is 0.497 e. The van der Waals surface area contributed by atoms with Gasteiger partial charge in [-0.1, -0.05) is 0 Å². The lowest BCUT2D eigenvalue weighted by molar-refractivity contribution is -0.119. The van der Waals surface area contributed by atoms with Gasteiger partial charge in [-0.25, -0.2) is 0 Å². The molecule has 2 rings (SSSR count). The predicted molar refractivity (Wildman–Crippen MR) is 71.6 cm³/mol. The second-order valence-corrected chi connectivity index (χ2v) is 4.37. The molecular weight excluding hydrogens is 244 g/mol. The summed E-state index contributed by atoms with van der Waals surface area (Å²) in [5, 5.41) is 2.60. The van der Waals surface area contributed by atoms with E-state index >= 15 is 0 Å². The fourth-order valence-electron chi connectivity index (χ4n) is 2.02. The van der Waals surface area contributed by atoms with E-state index in [4.69, 9.17) is 4.74 Å². The Morgan fingerprint density at radius 3 is 2.63 bits per heavy atom. The smallest absolute Gasteiger partial charge is 0.217 e. The van der Waals surface area contributed by atoms with Gasteiger partial charge in [-0.3, -0.25) is 9.59 Å². The van der Waals surface area contributed by atoms with Crippen LogP contribution in [0, 0.1) is 0 Å². The third-order valence-electron chi connectivity index (χ3n) is 2.95. The molecule has 0 aliphatic heterocycles. The number of methoxy groups -OCH3 is 1. The van der Waals surface area contributed by atoms with Crippen LogP contribution in [0.15, 0.2) is 30.6 Å². The number of aromatic nitrogens is 1. The van der Waals surface area contributed by atoms with Crippen LogP contribution in [0.1, 0.15) is 24.2 Å². The summed E-state index contributed by atoms with van der Waals surface area (Å²) in [5.41, 5.74) is 1.33. The molecule has 1 amide bonds. The van der Waals surface area contributed by atoms with Crippen molar-refractivity contribution in [1.82, 2.24) is 9.72 Å². The molecule has 0 aliphatic carbocycles. The average molecular weight is 260 g/mol. The van der Waals surface area contributed by atoms with Crippen LogP contribution in [0.2, 0.25) is 0 Å². The lowest BCUT2D eigenvalue weighted by Crippen LogP contribution is -2.37. The molecule has 0 fully saturated rings. The maximum Gasteiger partial charge on any atom is 0.217 e. The summed E-state index contributed by atoms with van der Waals surface area (Å²) in [4.78, 5) is 23.3. The van der Waals surface area contributed by atoms with Crippen LogP contribution in [0.4, 0.5) is 0 Å². The molecule has 2 aromatic heterocycles. The van der Waals surface area contributed by atoms with Crippen molar-refractivity contribution in [3.8, 4) is 5.75 Å². The quantitative estimate of drug-likeness (QED) is 0.850. The molecule has 1 N–H and O–H groups in total. The normalized spacial score (nSPS) is 12.2. The van der Waals surface area contributed by atoms with Gasteiger partial charge in [0, 0.05) is 30.9 Å². The molecule has 5 nitrogen and oxygen atoms in total. The summed E-state index contributed by atoms with van der Waals surface area (Å²) in [7, 11) is 1.58. The lowest BCUT2D eigenvalue weighted by atomic mass is 10.1. The Kier molecular flexibility index (Phi) is 3.55. The number of nitrogens with zero attached hydrogens (tertiary/aromatic N) is 1. The highest BCUT2D eigenvalue weighted by Crippen LogP contribution is 2.20. The van der Waals surface area contributed by atoms with E-state index in [1.165, 1.54) is 6.92 Å². The molecule has 2 heterocycles. The van der Waals surface area contributed by atoms with E-state index in [1.807, 2.05) is 22.9 Å². The number of amides is 1. The average Bonchev–Trinajstić information content (AvgIpc) is 2.79. The zero-order chi connectivity index (χ0) is 14.0. The number of nitrogens with one attached hydrogen (secondary N) is 1. The Hall–Kier alpha value is -2.30. The van der Waals surface area contributed by atoms with E-state index in [0.29, 0.717) is 11.3 Å². The van der Waals surface area contributed by atoms with Crippen molar-refractivity contribution < 1.29 is 14.3 Å².